The van der Waals surface area contributed by atoms with Gasteiger partial charge >= 0.3 is 0 Å². The highest BCUT2D eigenvalue weighted by atomic mass is 14.8. The van der Waals surface area contributed by atoms with Gasteiger partial charge in [-0.3, -0.25) is 0 Å². The van der Waals surface area contributed by atoms with E-state index in [2.05, 4.69) is 39.1 Å². The largest absolute Gasteiger partial charge is 0.316 e. The molecule has 0 aliphatic carbocycles. The molecule has 1 N–H and O–H groups in total. The van der Waals surface area contributed by atoms with Crippen LogP contribution in [0.2, 0.25) is 0 Å². The fraction of sp³-hybridized carbons (Fsp3) is 0.800. The first-order valence-corrected chi connectivity index (χ1v) is 4.35. The predicted octanol–water partition coefficient (Wildman–Crippen LogP) is 2.59. The highest BCUT2D eigenvalue weighted by Gasteiger charge is 2.10. The molecule has 0 aromatic rings. The smallest absolute Gasteiger partial charge is 0.0159 e. The Morgan fingerprint density at radius 1 is 1.45 bits per heavy atom. The summed E-state index contributed by atoms with van der Waals surface area (Å²) in [5.41, 5.74) is 1.79. The molecule has 0 aliphatic rings. The van der Waals surface area contributed by atoms with Crippen LogP contribution in [-0.2, 0) is 0 Å². The quantitative estimate of drug-likeness (QED) is 0.615. The Bertz CT molecular complexity index is 134. The van der Waals surface area contributed by atoms with Crippen molar-refractivity contribution >= 4 is 0 Å². The van der Waals surface area contributed by atoms with Crippen molar-refractivity contribution in [1.29, 1.82) is 0 Å². The molecule has 0 unspecified atom stereocenters. The van der Waals surface area contributed by atoms with E-state index in [1.807, 2.05) is 7.05 Å². The molecule has 0 aromatic heterocycles. The van der Waals surface area contributed by atoms with Gasteiger partial charge in [0.1, 0.15) is 0 Å². The summed E-state index contributed by atoms with van der Waals surface area (Å²) in [5.74, 6) is 0. The van der Waals surface area contributed by atoms with Crippen LogP contribution in [0.15, 0.2) is 11.6 Å². The van der Waals surface area contributed by atoms with E-state index in [-0.39, 0.29) is 0 Å². The summed E-state index contributed by atoms with van der Waals surface area (Å²) in [6.07, 6.45) is 3.55. The second-order valence-corrected chi connectivity index (χ2v) is 3.86. The summed E-state index contributed by atoms with van der Waals surface area (Å²) < 4.78 is 0. The minimum atomic E-state index is 0.362. The van der Waals surface area contributed by atoms with Gasteiger partial charge < -0.3 is 5.32 Å². The van der Waals surface area contributed by atoms with Crippen LogP contribution < -0.4 is 5.32 Å². The van der Waals surface area contributed by atoms with Crippen molar-refractivity contribution < 1.29 is 0 Å². The number of hydrogen-bond donors (Lipinski definition) is 1. The lowest BCUT2D eigenvalue weighted by molar-refractivity contribution is 0.458. The standard InChI is InChI=1S/C10H21N/c1-6-10(3,4)7-9(2)8-11-5/h7,11H,6,8H2,1-5H3/b9-7-. The number of hydrogen-bond acceptors (Lipinski definition) is 1. The molecule has 0 aromatic carbocycles. The van der Waals surface area contributed by atoms with E-state index in [1.54, 1.807) is 0 Å². The van der Waals surface area contributed by atoms with E-state index >= 15 is 0 Å². The molecule has 0 radical (unpaired) electrons. The molecule has 0 bridgehead atoms. The Morgan fingerprint density at radius 3 is 2.36 bits per heavy atom. The van der Waals surface area contributed by atoms with Gasteiger partial charge in [-0.15, -0.1) is 0 Å². The van der Waals surface area contributed by atoms with Crippen molar-refractivity contribution in [2.75, 3.05) is 13.6 Å². The summed E-state index contributed by atoms with van der Waals surface area (Å²) in [6.45, 7) is 9.94. The number of allylic oxidation sites excluding steroid dienone is 1. The van der Waals surface area contributed by atoms with Crippen LogP contribution in [0.1, 0.15) is 34.1 Å². The average molecular weight is 155 g/mol. The number of rotatable bonds is 4. The maximum Gasteiger partial charge on any atom is 0.0159 e. The summed E-state index contributed by atoms with van der Waals surface area (Å²) in [4.78, 5) is 0. The Morgan fingerprint density at radius 2 is 2.00 bits per heavy atom. The minimum absolute atomic E-state index is 0.362. The Balaban J connectivity index is 4.05. The van der Waals surface area contributed by atoms with Crippen LogP contribution >= 0.6 is 0 Å². The molecule has 0 atom stereocenters. The lowest BCUT2D eigenvalue weighted by atomic mass is 9.88. The van der Waals surface area contributed by atoms with Crippen molar-refractivity contribution in [1.82, 2.24) is 5.32 Å². The molecule has 1 nitrogen and oxygen atoms in total. The van der Waals surface area contributed by atoms with Gasteiger partial charge in [0.15, 0.2) is 0 Å². The minimum Gasteiger partial charge on any atom is -0.316 e. The fourth-order valence-corrected chi connectivity index (χ4v) is 1.10. The molecule has 0 saturated carbocycles. The van der Waals surface area contributed by atoms with Gasteiger partial charge in [0.05, 0.1) is 0 Å². The maximum atomic E-state index is 3.15. The summed E-state index contributed by atoms with van der Waals surface area (Å²) in [7, 11) is 1.98. The van der Waals surface area contributed by atoms with E-state index < -0.39 is 0 Å². The van der Waals surface area contributed by atoms with Crippen molar-refractivity contribution in [3.05, 3.63) is 11.6 Å². The van der Waals surface area contributed by atoms with Crippen LogP contribution in [0.4, 0.5) is 0 Å². The molecule has 0 saturated heterocycles. The molecular formula is C10H21N. The molecule has 0 rings (SSSR count). The van der Waals surface area contributed by atoms with Gasteiger partial charge in [-0.05, 0) is 25.8 Å². The van der Waals surface area contributed by atoms with Crippen molar-refractivity contribution in [3.8, 4) is 0 Å². The molecule has 0 fully saturated rings. The van der Waals surface area contributed by atoms with Crippen molar-refractivity contribution in [2.45, 2.75) is 34.1 Å². The highest BCUT2D eigenvalue weighted by Crippen LogP contribution is 2.22. The van der Waals surface area contributed by atoms with E-state index in [9.17, 15) is 0 Å². The molecule has 66 valence electrons. The second-order valence-electron chi connectivity index (χ2n) is 3.86. The fourth-order valence-electron chi connectivity index (χ4n) is 1.10. The molecule has 1 heteroatoms. The molecule has 0 aliphatic heterocycles. The molecule has 11 heavy (non-hydrogen) atoms. The maximum absolute atomic E-state index is 3.15. The Labute approximate surface area is 70.9 Å². The zero-order valence-corrected chi connectivity index (χ0v) is 8.49. The third kappa shape index (κ3) is 5.02. The predicted molar refractivity (Wildman–Crippen MR) is 51.8 cm³/mol. The SMILES string of the molecule is CCC(C)(C)/C=C(/C)CNC. The number of nitrogens with one attached hydrogen (secondary N) is 1. The first kappa shape index (κ1) is 10.7. The first-order valence-electron chi connectivity index (χ1n) is 4.35. The van der Waals surface area contributed by atoms with Gasteiger partial charge in [0.2, 0.25) is 0 Å². The zero-order chi connectivity index (χ0) is 8.91. The summed E-state index contributed by atoms with van der Waals surface area (Å²) in [5, 5.41) is 3.15. The normalized spacial score (nSPS) is 13.7. The summed E-state index contributed by atoms with van der Waals surface area (Å²) in [6, 6.07) is 0. The lowest BCUT2D eigenvalue weighted by Crippen LogP contribution is -2.12. The van der Waals surface area contributed by atoms with Gasteiger partial charge in [0.25, 0.3) is 0 Å². The summed E-state index contributed by atoms with van der Waals surface area (Å²) >= 11 is 0. The first-order chi connectivity index (χ1) is 5.02. The van der Waals surface area contributed by atoms with E-state index in [1.165, 1.54) is 12.0 Å². The van der Waals surface area contributed by atoms with Gasteiger partial charge in [-0.2, -0.15) is 0 Å². The van der Waals surface area contributed by atoms with E-state index in [0.717, 1.165) is 6.54 Å². The van der Waals surface area contributed by atoms with Crippen molar-refractivity contribution in [2.24, 2.45) is 5.41 Å². The molecule has 0 spiro atoms. The van der Waals surface area contributed by atoms with Crippen LogP contribution in [0.25, 0.3) is 0 Å². The third-order valence-corrected chi connectivity index (χ3v) is 2.00. The van der Waals surface area contributed by atoms with E-state index in [4.69, 9.17) is 0 Å². The monoisotopic (exact) mass is 155 g/mol. The van der Waals surface area contributed by atoms with Crippen LogP contribution in [0.5, 0.6) is 0 Å². The van der Waals surface area contributed by atoms with Gasteiger partial charge in [-0.1, -0.05) is 32.4 Å². The topological polar surface area (TPSA) is 12.0 Å². The van der Waals surface area contributed by atoms with Crippen LogP contribution in [0.3, 0.4) is 0 Å². The molecular weight excluding hydrogens is 134 g/mol. The lowest BCUT2D eigenvalue weighted by Gasteiger charge is -2.18. The third-order valence-electron chi connectivity index (χ3n) is 2.00. The highest BCUT2D eigenvalue weighted by molar-refractivity contribution is 5.06. The second kappa shape index (κ2) is 4.55. The van der Waals surface area contributed by atoms with E-state index in [0.29, 0.717) is 5.41 Å². The molecule has 0 amide bonds. The van der Waals surface area contributed by atoms with Crippen LogP contribution in [-0.4, -0.2) is 13.6 Å². The van der Waals surface area contributed by atoms with Crippen LogP contribution in [0, 0.1) is 5.41 Å². The average Bonchev–Trinajstić information content (AvgIpc) is 1.87. The Hall–Kier alpha value is -0.300. The van der Waals surface area contributed by atoms with Crippen molar-refractivity contribution in [3.63, 3.8) is 0 Å². The zero-order valence-electron chi connectivity index (χ0n) is 8.49. The molecule has 0 heterocycles. The van der Waals surface area contributed by atoms with Gasteiger partial charge in [0, 0.05) is 6.54 Å². The Kier molecular flexibility index (Phi) is 4.43. The van der Waals surface area contributed by atoms with Gasteiger partial charge in [-0.25, -0.2) is 0 Å². The number of likely N-dealkylation sites (N-methyl/N-ethyl adjacent to an activating group) is 1.